The average Bonchev–Trinajstić information content (AvgIpc) is 3.65. The third kappa shape index (κ3) is 5.65. The molecule has 5 rings (SSSR count). The van der Waals surface area contributed by atoms with Crippen LogP contribution in [0.5, 0.6) is 0 Å². The Hall–Kier alpha value is -3.11. The molecule has 0 fully saturated rings. The zero-order valence-electron chi connectivity index (χ0n) is 18.7. The second-order valence-electron chi connectivity index (χ2n) is 7.62. The van der Waals surface area contributed by atoms with Crippen LogP contribution < -0.4 is 5.32 Å². The summed E-state index contributed by atoms with van der Waals surface area (Å²) in [5.41, 5.74) is 2.21. The fraction of sp³-hybridized carbons (Fsp3) is 0.120. The number of amides is 1. The number of furan rings is 1. The maximum Gasteiger partial charge on any atom is 0.270 e. The molecule has 11 heteroatoms. The highest BCUT2D eigenvalue weighted by Gasteiger charge is 2.21. The molecule has 0 aliphatic carbocycles. The van der Waals surface area contributed by atoms with E-state index in [0.717, 1.165) is 11.4 Å². The minimum absolute atomic E-state index is 0.188. The van der Waals surface area contributed by atoms with Crippen LogP contribution in [0.4, 0.5) is 0 Å². The number of hydrogen-bond donors (Lipinski definition) is 1. The average molecular weight is 557 g/mol. The minimum atomic E-state index is -0.188. The molecule has 0 saturated heterocycles. The maximum absolute atomic E-state index is 12.5. The van der Waals surface area contributed by atoms with Crippen molar-refractivity contribution < 1.29 is 9.21 Å². The third-order valence-corrected chi connectivity index (χ3v) is 7.70. The lowest BCUT2D eigenvalue weighted by Crippen LogP contribution is -2.26. The standard InChI is InChI=1S/C25H19Cl2N5O2S2/c26-17-8-9-18(27)20(13-17)32-23(21-7-4-12-34-21)30-31-25(32)36-15-22-29-19(14-35-22)24(33)28-11-10-16-5-2-1-3-6-16/h1-9,12-14H,10-11,15H2,(H,28,33). The van der Waals surface area contributed by atoms with Crippen LogP contribution in [0.3, 0.4) is 0 Å². The zero-order valence-corrected chi connectivity index (χ0v) is 21.9. The Labute approximate surface area is 225 Å². The maximum atomic E-state index is 12.5. The quantitative estimate of drug-likeness (QED) is 0.207. The number of rotatable bonds is 9. The normalized spacial score (nSPS) is 11.1. The second kappa shape index (κ2) is 11.3. The molecule has 0 aliphatic heterocycles. The Morgan fingerprint density at radius 2 is 1.94 bits per heavy atom. The van der Waals surface area contributed by atoms with Crippen molar-refractivity contribution in [3.63, 3.8) is 0 Å². The number of thiazole rings is 1. The molecule has 0 aliphatic rings. The summed E-state index contributed by atoms with van der Waals surface area (Å²) in [7, 11) is 0. The van der Waals surface area contributed by atoms with Crippen LogP contribution in [0.2, 0.25) is 10.0 Å². The Morgan fingerprint density at radius 1 is 1.08 bits per heavy atom. The molecular weight excluding hydrogens is 537 g/mol. The van der Waals surface area contributed by atoms with E-state index < -0.39 is 0 Å². The van der Waals surface area contributed by atoms with E-state index in [0.29, 0.717) is 50.5 Å². The number of hydrogen-bond acceptors (Lipinski definition) is 7. The van der Waals surface area contributed by atoms with Crippen LogP contribution in [0.25, 0.3) is 17.3 Å². The molecule has 0 radical (unpaired) electrons. The molecule has 0 saturated carbocycles. The van der Waals surface area contributed by atoms with Crippen molar-refractivity contribution in [2.75, 3.05) is 6.54 Å². The monoisotopic (exact) mass is 555 g/mol. The number of carbonyl (C=O) groups excluding carboxylic acids is 1. The molecule has 1 amide bonds. The van der Waals surface area contributed by atoms with Gasteiger partial charge in [0.25, 0.3) is 5.91 Å². The highest BCUT2D eigenvalue weighted by molar-refractivity contribution is 7.98. The fourth-order valence-electron chi connectivity index (χ4n) is 3.47. The first-order valence-electron chi connectivity index (χ1n) is 10.9. The van der Waals surface area contributed by atoms with Gasteiger partial charge < -0.3 is 9.73 Å². The molecule has 7 nitrogen and oxygen atoms in total. The summed E-state index contributed by atoms with van der Waals surface area (Å²) in [6, 6.07) is 18.8. The minimum Gasteiger partial charge on any atom is -0.461 e. The van der Waals surface area contributed by atoms with E-state index in [1.807, 2.05) is 34.9 Å². The molecule has 1 N–H and O–H groups in total. The Bertz CT molecular complexity index is 1470. The largest absolute Gasteiger partial charge is 0.461 e. The van der Waals surface area contributed by atoms with E-state index in [9.17, 15) is 4.79 Å². The Kier molecular flexibility index (Phi) is 7.72. The molecule has 0 bridgehead atoms. The van der Waals surface area contributed by atoms with Crippen molar-refractivity contribution in [2.24, 2.45) is 0 Å². The van der Waals surface area contributed by atoms with E-state index in [4.69, 9.17) is 27.6 Å². The molecule has 0 unspecified atom stereocenters. The van der Waals surface area contributed by atoms with Crippen molar-refractivity contribution >= 4 is 52.2 Å². The van der Waals surface area contributed by atoms with Gasteiger partial charge in [0.15, 0.2) is 10.9 Å². The van der Waals surface area contributed by atoms with E-state index in [1.165, 1.54) is 28.7 Å². The predicted molar refractivity (Wildman–Crippen MR) is 143 cm³/mol. The van der Waals surface area contributed by atoms with Gasteiger partial charge in [-0.3, -0.25) is 9.36 Å². The number of carbonyl (C=O) groups is 1. The van der Waals surface area contributed by atoms with Gasteiger partial charge in [0.05, 0.1) is 22.7 Å². The van der Waals surface area contributed by atoms with Gasteiger partial charge in [-0.2, -0.15) is 0 Å². The predicted octanol–water partition coefficient (Wildman–Crippen LogP) is 6.56. The summed E-state index contributed by atoms with van der Waals surface area (Å²) in [4.78, 5) is 17.0. The number of thioether (sulfide) groups is 1. The van der Waals surface area contributed by atoms with Crippen LogP contribution in [-0.4, -0.2) is 32.2 Å². The molecular formula is C25H19Cl2N5O2S2. The lowest BCUT2D eigenvalue weighted by molar-refractivity contribution is 0.0949. The van der Waals surface area contributed by atoms with E-state index in [2.05, 4.69) is 20.5 Å². The number of nitrogens with zero attached hydrogens (tertiary/aromatic N) is 4. The van der Waals surface area contributed by atoms with E-state index in [-0.39, 0.29) is 5.91 Å². The number of benzene rings is 2. The van der Waals surface area contributed by atoms with Gasteiger partial charge in [-0.1, -0.05) is 65.3 Å². The van der Waals surface area contributed by atoms with Crippen LogP contribution in [-0.2, 0) is 12.2 Å². The van der Waals surface area contributed by atoms with Crippen molar-refractivity contribution in [1.82, 2.24) is 25.1 Å². The summed E-state index contributed by atoms with van der Waals surface area (Å²) in [5.74, 6) is 1.36. The topological polar surface area (TPSA) is 85.8 Å². The number of aromatic nitrogens is 4. The molecule has 3 heterocycles. The number of halogens is 2. The van der Waals surface area contributed by atoms with Gasteiger partial charge in [-0.05, 0) is 42.3 Å². The summed E-state index contributed by atoms with van der Waals surface area (Å²) in [6.45, 7) is 0.545. The third-order valence-electron chi connectivity index (χ3n) is 5.18. The molecule has 2 aromatic carbocycles. The van der Waals surface area contributed by atoms with Crippen molar-refractivity contribution in [3.05, 3.63) is 98.6 Å². The molecule has 182 valence electrons. The van der Waals surface area contributed by atoms with Crippen molar-refractivity contribution in [2.45, 2.75) is 17.3 Å². The molecule has 5 aromatic rings. The fourth-order valence-corrected chi connectivity index (χ4v) is 5.57. The lowest BCUT2D eigenvalue weighted by Gasteiger charge is -2.11. The number of nitrogens with one attached hydrogen (secondary N) is 1. The van der Waals surface area contributed by atoms with Crippen LogP contribution >= 0.6 is 46.3 Å². The van der Waals surface area contributed by atoms with Gasteiger partial charge in [-0.25, -0.2) is 4.98 Å². The highest BCUT2D eigenvalue weighted by Crippen LogP contribution is 2.34. The molecule has 36 heavy (non-hydrogen) atoms. The molecule has 3 aromatic heterocycles. The van der Waals surface area contributed by atoms with Crippen LogP contribution in [0.15, 0.2) is 81.9 Å². The van der Waals surface area contributed by atoms with E-state index >= 15 is 0 Å². The molecule has 0 spiro atoms. The summed E-state index contributed by atoms with van der Waals surface area (Å²) >= 11 is 15.6. The first kappa shape index (κ1) is 24.6. The summed E-state index contributed by atoms with van der Waals surface area (Å²) in [6.07, 6.45) is 2.34. The second-order valence-corrected chi connectivity index (χ2v) is 10.4. The Balaban J connectivity index is 1.29. The van der Waals surface area contributed by atoms with Gasteiger partial charge >= 0.3 is 0 Å². The lowest BCUT2D eigenvalue weighted by atomic mass is 10.1. The van der Waals surface area contributed by atoms with Crippen LogP contribution in [0, 0.1) is 0 Å². The van der Waals surface area contributed by atoms with Crippen molar-refractivity contribution in [3.8, 4) is 17.3 Å². The summed E-state index contributed by atoms with van der Waals surface area (Å²) < 4.78 is 7.36. The van der Waals surface area contributed by atoms with Gasteiger partial charge in [0.2, 0.25) is 5.82 Å². The molecule has 0 atom stereocenters. The van der Waals surface area contributed by atoms with Gasteiger partial charge in [0.1, 0.15) is 10.7 Å². The van der Waals surface area contributed by atoms with Crippen molar-refractivity contribution in [1.29, 1.82) is 0 Å². The van der Waals surface area contributed by atoms with E-state index in [1.54, 1.807) is 42.0 Å². The van der Waals surface area contributed by atoms with Crippen LogP contribution in [0.1, 0.15) is 21.1 Å². The summed E-state index contributed by atoms with van der Waals surface area (Å²) in [5, 5.41) is 15.8. The highest BCUT2D eigenvalue weighted by atomic mass is 35.5. The van der Waals surface area contributed by atoms with Gasteiger partial charge in [0, 0.05) is 16.9 Å². The Morgan fingerprint density at radius 3 is 2.75 bits per heavy atom. The van der Waals surface area contributed by atoms with Gasteiger partial charge in [-0.15, -0.1) is 21.5 Å². The first-order chi connectivity index (χ1) is 17.6. The smallest absolute Gasteiger partial charge is 0.270 e. The SMILES string of the molecule is O=C(NCCc1ccccc1)c1csc(CSc2nnc(-c3ccco3)n2-c2cc(Cl)ccc2Cl)n1. The first-order valence-corrected chi connectivity index (χ1v) is 13.5. The zero-order chi connectivity index (χ0) is 24.9.